The first-order valence-electron chi connectivity index (χ1n) is 7.56. The third-order valence-corrected chi connectivity index (χ3v) is 5.13. The standard InChI is InChI=1S/C16H16ClN3O4S.Na/c1-3-9(2)12-7-11(25(22,23)24)8-15(16(12)21)20-18-13-5-4-10(17)6-14(13)19-20;/h4-9,21H,3H2,1-2H3,(H,22,23,24);/q;+1/p-1. The smallest absolute Gasteiger partial charge is 0.744 e. The molecule has 0 aliphatic rings. The van der Waals surface area contributed by atoms with Gasteiger partial charge in [0, 0.05) is 10.6 Å². The summed E-state index contributed by atoms with van der Waals surface area (Å²) in [5, 5.41) is 19.5. The van der Waals surface area contributed by atoms with E-state index in [1.54, 1.807) is 18.2 Å². The van der Waals surface area contributed by atoms with Gasteiger partial charge in [-0.15, -0.1) is 15.0 Å². The molecule has 0 fully saturated rings. The fraction of sp³-hybridized carbons (Fsp3) is 0.250. The first-order chi connectivity index (χ1) is 11.7. The number of nitrogens with zero attached hydrogens (tertiary/aromatic N) is 3. The Morgan fingerprint density at radius 1 is 1.23 bits per heavy atom. The molecule has 1 aromatic heterocycles. The van der Waals surface area contributed by atoms with Gasteiger partial charge in [-0.2, -0.15) is 0 Å². The molecule has 0 aliphatic carbocycles. The van der Waals surface area contributed by atoms with E-state index in [1.165, 1.54) is 6.07 Å². The topological polar surface area (TPSA) is 108 Å². The third kappa shape index (κ3) is 4.05. The van der Waals surface area contributed by atoms with Gasteiger partial charge in [-0.25, -0.2) is 8.42 Å². The van der Waals surface area contributed by atoms with Crippen LogP contribution in [0.5, 0.6) is 5.75 Å². The van der Waals surface area contributed by atoms with Crippen LogP contribution in [0.2, 0.25) is 5.02 Å². The average Bonchev–Trinajstić information content (AvgIpc) is 2.95. The van der Waals surface area contributed by atoms with E-state index in [0.717, 1.165) is 10.9 Å². The van der Waals surface area contributed by atoms with Crippen molar-refractivity contribution in [2.24, 2.45) is 0 Å². The molecular formula is C16H15ClN3NaO4S. The molecule has 0 aliphatic heterocycles. The SMILES string of the molecule is CCC(C)c1cc(S(=O)(=O)[O-])cc(-n2nc3ccc(Cl)cc3n2)c1O.[Na+]. The maximum atomic E-state index is 11.5. The Morgan fingerprint density at radius 2 is 1.88 bits per heavy atom. The maximum Gasteiger partial charge on any atom is 1.00 e. The van der Waals surface area contributed by atoms with Crippen LogP contribution in [-0.4, -0.2) is 33.1 Å². The number of phenolic OH excluding ortho intramolecular Hbond substituents is 1. The maximum absolute atomic E-state index is 11.5. The molecule has 1 heterocycles. The molecule has 2 aromatic carbocycles. The predicted molar refractivity (Wildman–Crippen MR) is 92.2 cm³/mol. The molecule has 3 rings (SSSR count). The van der Waals surface area contributed by atoms with Crippen LogP contribution in [0.3, 0.4) is 0 Å². The molecule has 0 radical (unpaired) electrons. The molecule has 0 spiro atoms. The minimum Gasteiger partial charge on any atom is -0.744 e. The first kappa shape index (κ1) is 21.1. The van der Waals surface area contributed by atoms with Gasteiger partial charge >= 0.3 is 29.6 Å². The predicted octanol–water partition coefficient (Wildman–Crippen LogP) is 0.201. The van der Waals surface area contributed by atoms with Crippen LogP contribution < -0.4 is 29.6 Å². The molecule has 7 nitrogen and oxygen atoms in total. The van der Waals surface area contributed by atoms with Crippen LogP contribution in [-0.2, 0) is 10.1 Å². The van der Waals surface area contributed by atoms with Gasteiger partial charge in [0.15, 0.2) is 0 Å². The average molecular weight is 404 g/mol. The molecule has 0 saturated carbocycles. The van der Waals surface area contributed by atoms with Crippen LogP contribution in [0.25, 0.3) is 16.7 Å². The summed E-state index contributed by atoms with van der Waals surface area (Å²) in [6.07, 6.45) is 0.652. The summed E-state index contributed by atoms with van der Waals surface area (Å²) in [6.45, 7) is 3.72. The van der Waals surface area contributed by atoms with Gasteiger partial charge in [-0.1, -0.05) is 25.4 Å². The third-order valence-electron chi connectivity index (χ3n) is 4.08. The number of rotatable bonds is 4. The van der Waals surface area contributed by atoms with Crippen molar-refractivity contribution >= 4 is 32.8 Å². The minimum absolute atomic E-state index is 0. The molecule has 3 aromatic rings. The van der Waals surface area contributed by atoms with E-state index in [4.69, 9.17) is 11.6 Å². The van der Waals surface area contributed by atoms with Crippen molar-refractivity contribution in [1.82, 2.24) is 15.0 Å². The number of halogens is 1. The number of benzene rings is 2. The van der Waals surface area contributed by atoms with Crippen LogP contribution >= 0.6 is 11.6 Å². The molecule has 132 valence electrons. The second-order valence-corrected chi connectivity index (χ2v) is 7.58. The molecule has 0 bridgehead atoms. The molecular weight excluding hydrogens is 389 g/mol. The van der Waals surface area contributed by atoms with E-state index in [0.29, 0.717) is 28.0 Å². The fourth-order valence-corrected chi connectivity index (χ4v) is 3.20. The number of hydrogen-bond donors (Lipinski definition) is 1. The molecule has 0 amide bonds. The monoisotopic (exact) mass is 403 g/mol. The summed E-state index contributed by atoms with van der Waals surface area (Å²) in [6, 6.07) is 7.18. The number of phenols is 1. The quantitative estimate of drug-likeness (QED) is 0.492. The van der Waals surface area contributed by atoms with Gasteiger partial charge in [0.2, 0.25) is 0 Å². The van der Waals surface area contributed by atoms with Gasteiger partial charge in [0.05, 0.1) is 4.90 Å². The van der Waals surface area contributed by atoms with Crippen molar-refractivity contribution in [2.75, 3.05) is 0 Å². The Labute approximate surface area is 178 Å². The molecule has 1 N–H and O–H groups in total. The summed E-state index contributed by atoms with van der Waals surface area (Å²) in [7, 11) is -4.70. The molecule has 10 heteroatoms. The van der Waals surface area contributed by atoms with E-state index in [2.05, 4.69) is 10.2 Å². The Balaban J connectivity index is 0.00000243. The van der Waals surface area contributed by atoms with Crippen molar-refractivity contribution in [2.45, 2.75) is 31.1 Å². The van der Waals surface area contributed by atoms with Gasteiger partial charge in [-0.05, 0) is 42.7 Å². The van der Waals surface area contributed by atoms with E-state index in [1.807, 2.05) is 13.8 Å². The summed E-state index contributed by atoms with van der Waals surface area (Å²) in [5.41, 5.74) is 1.38. The normalized spacial score (nSPS) is 12.8. The Bertz CT molecular complexity index is 1070. The fourth-order valence-electron chi connectivity index (χ4n) is 2.50. The largest absolute Gasteiger partial charge is 1.00 e. The van der Waals surface area contributed by atoms with Gasteiger partial charge < -0.3 is 9.66 Å². The number of aromatic hydroxyl groups is 1. The summed E-state index contributed by atoms with van der Waals surface area (Å²) < 4.78 is 34.5. The second-order valence-electron chi connectivity index (χ2n) is 5.77. The van der Waals surface area contributed by atoms with Crippen molar-refractivity contribution in [3.05, 3.63) is 40.9 Å². The summed E-state index contributed by atoms with van der Waals surface area (Å²) in [5.74, 6) is -0.312. The zero-order valence-corrected chi connectivity index (χ0v) is 18.0. The number of hydrogen-bond acceptors (Lipinski definition) is 6. The summed E-state index contributed by atoms with van der Waals surface area (Å²) >= 11 is 5.93. The number of aromatic nitrogens is 3. The zero-order valence-electron chi connectivity index (χ0n) is 14.5. The Kier molecular flexibility index (Phi) is 6.37. The molecule has 1 unspecified atom stereocenters. The van der Waals surface area contributed by atoms with Crippen molar-refractivity contribution in [3.63, 3.8) is 0 Å². The summed E-state index contributed by atoms with van der Waals surface area (Å²) in [4.78, 5) is 0.673. The number of fused-ring (bicyclic) bond motifs is 1. The van der Waals surface area contributed by atoms with E-state index >= 15 is 0 Å². The van der Waals surface area contributed by atoms with Crippen molar-refractivity contribution < 1.29 is 47.6 Å². The minimum atomic E-state index is -4.70. The zero-order chi connectivity index (χ0) is 18.4. The van der Waals surface area contributed by atoms with Gasteiger partial charge in [0.25, 0.3) is 0 Å². The second kappa shape index (κ2) is 7.84. The van der Waals surface area contributed by atoms with Crippen LogP contribution in [0.4, 0.5) is 0 Å². The Morgan fingerprint density at radius 3 is 2.50 bits per heavy atom. The first-order valence-corrected chi connectivity index (χ1v) is 9.35. The van der Waals surface area contributed by atoms with E-state index in [-0.39, 0.29) is 46.9 Å². The van der Waals surface area contributed by atoms with E-state index in [9.17, 15) is 18.1 Å². The van der Waals surface area contributed by atoms with Crippen molar-refractivity contribution in [3.8, 4) is 11.4 Å². The molecule has 1 atom stereocenters. The van der Waals surface area contributed by atoms with Crippen LogP contribution in [0, 0.1) is 0 Å². The van der Waals surface area contributed by atoms with Gasteiger partial charge in [0.1, 0.15) is 32.6 Å². The van der Waals surface area contributed by atoms with Gasteiger partial charge in [-0.3, -0.25) is 0 Å². The van der Waals surface area contributed by atoms with Crippen LogP contribution in [0.1, 0.15) is 31.7 Å². The van der Waals surface area contributed by atoms with Crippen LogP contribution in [0.15, 0.2) is 35.2 Å². The molecule has 0 saturated heterocycles. The van der Waals surface area contributed by atoms with Crippen molar-refractivity contribution in [1.29, 1.82) is 0 Å². The van der Waals surface area contributed by atoms with E-state index < -0.39 is 15.0 Å². The molecule has 26 heavy (non-hydrogen) atoms. The Hall–Kier alpha value is -1.16.